The number of hydrogen-bond donors (Lipinski definition) is 0. The van der Waals surface area contributed by atoms with Crippen LogP contribution in [-0.2, 0) is 9.53 Å². The number of rotatable bonds is 4. The fourth-order valence-corrected chi connectivity index (χ4v) is 2.61. The first-order valence-corrected chi connectivity index (χ1v) is 8.02. The molecular formula is C21H19NO3. The summed E-state index contributed by atoms with van der Waals surface area (Å²) in [6.07, 6.45) is -0.963. The molecule has 3 aromatic rings. The highest BCUT2D eigenvalue weighted by molar-refractivity contribution is 5.97. The number of esters is 1. The Kier molecular flexibility index (Phi) is 4.80. The van der Waals surface area contributed by atoms with Crippen LogP contribution in [0.3, 0.4) is 0 Å². The Labute approximate surface area is 146 Å². The van der Waals surface area contributed by atoms with Gasteiger partial charge in [0.1, 0.15) is 0 Å². The van der Waals surface area contributed by atoms with Crippen molar-refractivity contribution in [2.75, 3.05) is 14.1 Å². The third-order valence-electron chi connectivity index (χ3n) is 3.98. The molecule has 0 unspecified atom stereocenters. The molecule has 1 amide bonds. The Hall–Kier alpha value is -3.14. The number of fused-ring (bicyclic) bond motifs is 1. The van der Waals surface area contributed by atoms with Gasteiger partial charge in [0.05, 0.1) is 5.56 Å². The summed E-state index contributed by atoms with van der Waals surface area (Å²) in [6, 6.07) is 22.2. The van der Waals surface area contributed by atoms with Gasteiger partial charge < -0.3 is 9.64 Å². The van der Waals surface area contributed by atoms with Gasteiger partial charge in [-0.15, -0.1) is 0 Å². The molecule has 1 atom stereocenters. The van der Waals surface area contributed by atoms with Crippen LogP contribution in [0.2, 0.25) is 0 Å². The maximum atomic E-state index is 12.6. The van der Waals surface area contributed by atoms with Crippen LogP contribution >= 0.6 is 0 Å². The quantitative estimate of drug-likeness (QED) is 0.682. The van der Waals surface area contributed by atoms with E-state index in [1.807, 2.05) is 48.5 Å². The Balaban J connectivity index is 1.90. The molecule has 0 fully saturated rings. The molecule has 0 N–H and O–H groups in total. The van der Waals surface area contributed by atoms with E-state index in [-0.39, 0.29) is 5.91 Å². The summed E-state index contributed by atoms with van der Waals surface area (Å²) in [5.41, 5.74) is 1.07. The van der Waals surface area contributed by atoms with Crippen molar-refractivity contribution in [3.8, 4) is 0 Å². The van der Waals surface area contributed by atoms with Crippen LogP contribution in [0.15, 0.2) is 72.8 Å². The van der Waals surface area contributed by atoms with Crippen molar-refractivity contribution < 1.29 is 14.3 Å². The van der Waals surface area contributed by atoms with Crippen molar-refractivity contribution in [1.29, 1.82) is 0 Å². The molecule has 0 aromatic heterocycles. The molecule has 0 heterocycles. The number of nitrogens with zero attached hydrogens (tertiary/aromatic N) is 1. The van der Waals surface area contributed by atoms with Gasteiger partial charge in [-0.25, -0.2) is 4.79 Å². The average molecular weight is 333 g/mol. The molecule has 0 aliphatic carbocycles. The average Bonchev–Trinajstić information content (AvgIpc) is 2.65. The zero-order chi connectivity index (χ0) is 17.8. The molecule has 0 aliphatic rings. The van der Waals surface area contributed by atoms with Gasteiger partial charge in [0, 0.05) is 19.7 Å². The zero-order valence-corrected chi connectivity index (χ0v) is 14.2. The normalized spacial score (nSPS) is 11.8. The van der Waals surface area contributed by atoms with Gasteiger partial charge in [0.15, 0.2) is 0 Å². The number of likely N-dealkylation sites (N-methyl/N-ethyl adjacent to an activating group) is 1. The molecule has 3 aromatic carbocycles. The largest absolute Gasteiger partial charge is 0.444 e. The van der Waals surface area contributed by atoms with Crippen LogP contribution in [0.4, 0.5) is 0 Å². The highest BCUT2D eigenvalue weighted by Crippen LogP contribution is 2.23. The molecule has 4 nitrogen and oxygen atoms in total. The maximum absolute atomic E-state index is 12.6. The first-order chi connectivity index (χ1) is 12.1. The molecule has 0 radical (unpaired) electrons. The minimum Gasteiger partial charge on any atom is -0.444 e. The van der Waals surface area contributed by atoms with E-state index < -0.39 is 12.1 Å². The summed E-state index contributed by atoms with van der Waals surface area (Å²) >= 11 is 0. The number of hydrogen-bond acceptors (Lipinski definition) is 3. The molecule has 0 aliphatic heterocycles. The third kappa shape index (κ3) is 3.69. The van der Waals surface area contributed by atoms with Crippen LogP contribution in [0.25, 0.3) is 10.8 Å². The van der Waals surface area contributed by atoms with Crippen molar-refractivity contribution in [3.05, 3.63) is 83.9 Å². The number of benzene rings is 3. The second-order valence-corrected chi connectivity index (χ2v) is 5.99. The van der Waals surface area contributed by atoms with E-state index in [4.69, 9.17) is 4.74 Å². The summed E-state index contributed by atoms with van der Waals surface area (Å²) in [4.78, 5) is 26.5. The van der Waals surface area contributed by atoms with Crippen LogP contribution in [0, 0.1) is 0 Å². The van der Waals surface area contributed by atoms with Crippen molar-refractivity contribution in [3.63, 3.8) is 0 Å². The van der Waals surface area contributed by atoms with E-state index in [1.165, 1.54) is 4.90 Å². The minimum atomic E-state index is -0.963. The molecule has 126 valence electrons. The standard InChI is InChI=1S/C21H19NO3/c1-22(2)20(23)19(16-9-4-3-5-10-16)25-21(24)18-13-12-15-8-6-7-11-17(15)14-18/h3-14,19H,1-2H3/t19-/m1/s1. The highest BCUT2D eigenvalue weighted by atomic mass is 16.5. The predicted octanol–water partition coefficient (Wildman–Crippen LogP) is 3.83. The molecule has 25 heavy (non-hydrogen) atoms. The zero-order valence-electron chi connectivity index (χ0n) is 14.2. The van der Waals surface area contributed by atoms with Gasteiger partial charge in [-0.05, 0) is 22.9 Å². The number of amides is 1. The second-order valence-electron chi connectivity index (χ2n) is 5.99. The molecule has 0 spiro atoms. The molecular weight excluding hydrogens is 314 g/mol. The highest BCUT2D eigenvalue weighted by Gasteiger charge is 2.27. The van der Waals surface area contributed by atoms with Crippen LogP contribution in [0.1, 0.15) is 22.0 Å². The predicted molar refractivity (Wildman–Crippen MR) is 97.2 cm³/mol. The van der Waals surface area contributed by atoms with E-state index in [0.717, 1.165) is 10.8 Å². The lowest BCUT2D eigenvalue weighted by atomic mass is 10.1. The SMILES string of the molecule is CN(C)C(=O)[C@H](OC(=O)c1ccc2ccccc2c1)c1ccccc1. The Morgan fingerprint density at radius 2 is 1.48 bits per heavy atom. The lowest BCUT2D eigenvalue weighted by Crippen LogP contribution is -2.31. The minimum absolute atomic E-state index is 0.277. The van der Waals surface area contributed by atoms with E-state index in [9.17, 15) is 9.59 Å². The molecule has 4 heteroatoms. The van der Waals surface area contributed by atoms with Crippen LogP contribution in [0.5, 0.6) is 0 Å². The Morgan fingerprint density at radius 1 is 0.840 bits per heavy atom. The summed E-state index contributed by atoms with van der Waals surface area (Å²) < 4.78 is 5.56. The van der Waals surface area contributed by atoms with E-state index >= 15 is 0 Å². The smallest absolute Gasteiger partial charge is 0.339 e. The first-order valence-electron chi connectivity index (χ1n) is 8.02. The fraction of sp³-hybridized carbons (Fsp3) is 0.143. The fourth-order valence-electron chi connectivity index (χ4n) is 2.61. The van der Waals surface area contributed by atoms with E-state index in [1.54, 1.807) is 38.4 Å². The maximum Gasteiger partial charge on any atom is 0.339 e. The monoisotopic (exact) mass is 333 g/mol. The van der Waals surface area contributed by atoms with Crippen molar-refractivity contribution in [1.82, 2.24) is 4.90 Å². The van der Waals surface area contributed by atoms with E-state index in [0.29, 0.717) is 11.1 Å². The Bertz CT molecular complexity index is 903. The van der Waals surface area contributed by atoms with Crippen molar-refractivity contribution in [2.45, 2.75) is 6.10 Å². The van der Waals surface area contributed by atoms with Gasteiger partial charge >= 0.3 is 5.97 Å². The van der Waals surface area contributed by atoms with Gasteiger partial charge in [-0.1, -0.05) is 60.7 Å². The number of ether oxygens (including phenoxy) is 1. The number of carbonyl (C=O) groups is 2. The molecule has 3 rings (SSSR count). The number of carbonyl (C=O) groups excluding carboxylic acids is 2. The summed E-state index contributed by atoms with van der Waals surface area (Å²) in [5, 5.41) is 2.00. The first kappa shape index (κ1) is 16.7. The molecule has 0 saturated carbocycles. The van der Waals surface area contributed by atoms with Crippen molar-refractivity contribution in [2.24, 2.45) is 0 Å². The summed E-state index contributed by atoms with van der Waals surface area (Å²) in [5.74, 6) is -0.796. The third-order valence-corrected chi connectivity index (χ3v) is 3.98. The summed E-state index contributed by atoms with van der Waals surface area (Å²) in [6.45, 7) is 0. The van der Waals surface area contributed by atoms with Crippen molar-refractivity contribution >= 4 is 22.6 Å². The lowest BCUT2D eigenvalue weighted by Gasteiger charge is -2.21. The topological polar surface area (TPSA) is 46.6 Å². The molecule has 0 saturated heterocycles. The van der Waals surface area contributed by atoms with Gasteiger partial charge in [-0.2, -0.15) is 0 Å². The second kappa shape index (κ2) is 7.18. The van der Waals surface area contributed by atoms with E-state index in [2.05, 4.69) is 0 Å². The van der Waals surface area contributed by atoms with Gasteiger partial charge in [0.25, 0.3) is 5.91 Å². The van der Waals surface area contributed by atoms with Gasteiger partial charge in [0.2, 0.25) is 6.10 Å². The molecule has 0 bridgehead atoms. The lowest BCUT2D eigenvalue weighted by molar-refractivity contribution is -0.138. The Morgan fingerprint density at radius 3 is 2.16 bits per heavy atom. The van der Waals surface area contributed by atoms with Crippen LogP contribution in [-0.4, -0.2) is 30.9 Å². The summed E-state index contributed by atoms with van der Waals surface area (Å²) in [7, 11) is 3.28. The van der Waals surface area contributed by atoms with Crippen LogP contribution < -0.4 is 0 Å². The van der Waals surface area contributed by atoms with Gasteiger partial charge in [-0.3, -0.25) is 4.79 Å².